The summed E-state index contributed by atoms with van der Waals surface area (Å²) in [4.78, 5) is 30.1. The fourth-order valence-corrected chi connectivity index (χ4v) is 3.36. The molecular formula is C19H25N5O3. The van der Waals surface area contributed by atoms with Crippen LogP contribution >= 0.6 is 0 Å². The maximum atomic E-state index is 12.3. The first-order valence-corrected chi connectivity index (χ1v) is 9.06. The summed E-state index contributed by atoms with van der Waals surface area (Å²) in [6.07, 6.45) is 3.47. The van der Waals surface area contributed by atoms with Crippen LogP contribution in [0, 0.1) is 5.92 Å². The molecule has 0 radical (unpaired) electrons. The van der Waals surface area contributed by atoms with E-state index in [2.05, 4.69) is 20.5 Å². The number of hydrogen-bond donors (Lipinski definition) is 3. The summed E-state index contributed by atoms with van der Waals surface area (Å²) in [6, 6.07) is 7.07. The van der Waals surface area contributed by atoms with Crippen LogP contribution < -0.4 is 21.1 Å². The van der Waals surface area contributed by atoms with Crippen LogP contribution in [-0.4, -0.2) is 55.1 Å². The zero-order valence-corrected chi connectivity index (χ0v) is 15.4. The van der Waals surface area contributed by atoms with E-state index in [1.54, 1.807) is 19.4 Å². The topological polar surface area (TPSA) is 110 Å². The summed E-state index contributed by atoms with van der Waals surface area (Å²) in [5, 5.41) is 6.57. The first-order valence-electron chi connectivity index (χ1n) is 9.06. The predicted molar refractivity (Wildman–Crippen MR) is 104 cm³/mol. The van der Waals surface area contributed by atoms with E-state index in [-0.39, 0.29) is 17.9 Å². The van der Waals surface area contributed by atoms with Crippen molar-refractivity contribution in [2.45, 2.75) is 12.8 Å². The van der Waals surface area contributed by atoms with Gasteiger partial charge in [0, 0.05) is 37.3 Å². The monoisotopic (exact) mass is 371 g/mol. The summed E-state index contributed by atoms with van der Waals surface area (Å²) in [5.41, 5.74) is 6.69. The van der Waals surface area contributed by atoms with Gasteiger partial charge in [0.15, 0.2) is 0 Å². The van der Waals surface area contributed by atoms with Crippen LogP contribution in [0.15, 0.2) is 30.5 Å². The molecule has 2 heterocycles. The fraction of sp³-hybridized carbons (Fsp3) is 0.421. The number of nitrogens with zero attached hydrogens (tertiary/aromatic N) is 2. The number of primary amides is 1. The second-order valence-corrected chi connectivity index (χ2v) is 6.67. The average molecular weight is 371 g/mol. The summed E-state index contributed by atoms with van der Waals surface area (Å²) in [5.74, 6) is 0.307. The van der Waals surface area contributed by atoms with E-state index in [0.29, 0.717) is 36.6 Å². The number of aromatic nitrogens is 1. The highest BCUT2D eigenvalue weighted by atomic mass is 16.5. The average Bonchev–Trinajstić information content (AvgIpc) is 2.68. The Morgan fingerprint density at radius 3 is 3.04 bits per heavy atom. The summed E-state index contributed by atoms with van der Waals surface area (Å²) < 4.78 is 5.29. The van der Waals surface area contributed by atoms with Crippen molar-refractivity contribution in [1.29, 1.82) is 0 Å². The molecule has 8 nitrogen and oxygen atoms in total. The van der Waals surface area contributed by atoms with Crippen LogP contribution in [0.25, 0.3) is 10.9 Å². The Kier molecular flexibility index (Phi) is 6.08. The van der Waals surface area contributed by atoms with Gasteiger partial charge in [0.2, 0.25) is 5.91 Å². The number of fused-ring (bicyclic) bond motifs is 1. The number of carbonyl (C=O) groups is 2. The molecule has 1 aliphatic heterocycles. The van der Waals surface area contributed by atoms with Crippen molar-refractivity contribution in [2.24, 2.45) is 11.7 Å². The molecule has 0 aliphatic carbocycles. The number of anilines is 1. The fourth-order valence-electron chi connectivity index (χ4n) is 3.36. The van der Waals surface area contributed by atoms with Crippen molar-refractivity contribution in [3.63, 3.8) is 0 Å². The van der Waals surface area contributed by atoms with Gasteiger partial charge in [-0.1, -0.05) is 6.07 Å². The lowest BCUT2D eigenvalue weighted by Gasteiger charge is -2.31. The molecule has 1 aromatic carbocycles. The van der Waals surface area contributed by atoms with Crippen molar-refractivity contribution < 1.29 is 14.3 Å². The van der Waals surface area contributed by atoms with Gasteiger partial charge in [0.05, 0.1) is 24.2 Å². The van der Waals surface area contributed by atoms with Gasteiger partial charge in [-0.05, 0) is 31.5 Å². The zero-order valence-electron chi connectivity index (χ0n) is 15.4. The number of likely N-dealkylation sites (tertiary alicyclic amines) is 1. The second-order valence-electron chi connectivity index (χ2n) is 6.67. The van der Waals surface area contributed by atoms with Crippen LogP contribution in [0.5, 0.6) is 5.75 Å². The van der Waals surface area contributed by atoms with Crippen LogP contribution in [0.1, 0.15) is 12.8 Å². The number of nitrogens with one attached hydrogen (secondary N) is 2. The SMILES string of the molecule is COc1cc(NC(=O)NCCN2CCC[C@H](C(N)=O)C2)c2ncccc2c1. The predicted octanol–water partition coefficient (Wildman–Crippen LogP) is 1.56. The van der Waals surface area contributed by atoms with Gasteiger partial charge in [0.25, 0.3) is 0 Å². The molecule has 0 unspecified atom stereocenters. The third-order valence-corrected chi connectivity index (χ3v) is 4.78. The number of hydrogen-bond acceptors (Lipinski definition) is 5. The maximum absolute atomic E-state index is 12.3. The Morgan fingerprint density at radius 1 is 1.41 bits per heavy atom. The van der Waals surface area contributed by atoms with Crippen molar-refractivity contribution in [3.8, 4) is 5.75 Å². The van der Waals surface area contributed by atoms with E-state index < -0.39 is 0 Å². The highest BCUT2D eigenvalue weighted by Gasteiger charge is 2.23. The molecule has 1 fully saturated rings. The second kappa shape index (κ2) is 8.68. The number of methoxy groups -OCH3 is 1. The molecule has 8 heteroatoms. The molecule has 144 valence electrons. The van der Waals surface area contributed by atoms with E-state index in [1.165, 1.54) is 0 Å². The Morgan fingerprint density at radius 2 is 2.26 bits per heavy atom. The van der Waals surface area contributed by atoms with E-state index in [0.717, 1.165) is 24.8 Å². The minimum Gasteiger partial charge on any atom is -0.497 e. The summed E-state index contributed by atoms with van der Waals surface area (Å²) in [7, 11) is 1.58. The Labute approximate surface area is 158 Å². The summed E-state index contributed by atoms with van der Waals surface area (Å²) in [6.45, 7) is 2.72. The van der Waals surface area contributed by atoms with E-state index in [1.807, 2.05) is 18.2 Å². The number of rotatable bonds is 6. The van der Waals surface area contributed by atoms with E-state index in [9.17, 15) is 9.59 Å². The van der Waals surface area contributed by atoms with Crippen molar-refractivity contribution in [1.82, 2.24) is 15.2 Å². The largest absolute Gasteiger partial charge is 0.497 e. The number of amides is 3. The number of pyridine rings is 1. The highest BCUT2D eigenvalue weighted by molar-refractivity contribution is 6.00. The van der Waals surface area contributed by atoms with Crippen LogP contribution in [0.4, 0.5) is 10.5 Å². The molecule has 1 aromatic heterocycles. The van der Waals surface area contributed by atoms with Crippen molar-refractivity contribution in [3.05, 3.63) is 30.5 Å². The van der Waals surface area contributed by atoms with Gasteiger partial charge in [-0.2, -0.15) is 0 Å². The summed E-state index contributed by atoms with van der Waals surface area (Å²) >= 11 is 0. The van der Waals surface area contributed by atoms with Crippen molar-refractivity contribution in [2.75, 3.05) is 38.6 Å². The molecule has 4 N–H and O–H groups in total. The third-order valence-electron chi connectivity index (χ3n) is 4.78. The Balaban J connectivity index is 1.55. The maximum Gasteiger partial charge on any atom is 0.319 e. The number of benzene rings is 1. The first kappa shape index (κ1) is 18.9. The Bertz CT molecular complexity index is 826. The lowest BCUT2D eigenvalue weighted by molar-refractivity contribution is -0.123. The molecular weight excluding hydrogens is 346 g/mol. The molecule has 2 aromatic rings. The normalized spacial score (nSPS) is 17.4. The van der Waals surface area contributed by atoms with E-state index in [4.69, 9.17) is 10.5 Å². The quantitative estimate of drug-likeness (QED) is 0.714. The minimum atomic E-state index is -0.307. The third kappa shape index (κ3) is 4.85. The molecule has 1 saturated heterocycles. The first-order chi connectivity index (χ1) is 13.1. The number of ether oxygens (including phenoxy) is 1. The van der Waals surface area contributed by atoms with Gasteiger partial charge in [-0.25, -0.2) is 4.79 Å². The van der Waals surface area contributed by atoms with Crippen LogP contribution in [0.2, 0.25) is 0 Å². The van der Waals surface area contributed by atoms with Crippen LogP contribution in [0.3, 0.4) is 0 Å². The number of piperidine rings is 1. The highest BCUT2D eigenvalue weighted by Crippen LogP contribution is 2.27. The molecule has 1 aliphatic rings. The lowest BCUT2D eigenvalue weighted by atomic mass is 9.97. The number of urea groups is 1. The Hall–Kier alpha value is -2.87. The van der Waals surface area contributed by atoms with Gasteiger partial charge in [0.1, 0.15) is 5.75 Å². The molecule has 3 rings (SSSR count). The molecule has 3 amide bonds. The lowest BCUT2D eigenvalue weighted by Crippen LogP contribution is -2.44. The van der Waals surface area contributed by atoms with Gasteiger partial charge < -0.3 is 26.0 Å². The van der Waals surface area contributed by atoms with Crippen molar-refractivity contribution >= 4 is 28.5 Å². The smallest absolute Gasteiger partial charge is 0.319 e. The van der Waals surface area contributed by atoms with E-state index >= 15 is 0 Å². The minimum absolute atomic E-state index is 0.0956. The van der Waals surface area contributed by atoms with Gasteiger partial charge in [-0.3, -0.25) is 9.78 Å². The molecule has 0 bridgehead atoms. The molecule has 0 spiro atoms. The number of nitrogens with two attached hydrogens (primary N) is 1. The van der Waals surface area contributed by atoms with Crippen LogP contribution in [-0.2, 0) is 4.79 Å². The molecule has 0 saturated carbocycles. The van der Waals surface area contributed by atoms with Gasteiger partial charge in [-0.15, -0.1) is 0 Å². The standard InChI is InChI=1S/C19H25N5O3/c1-27-15-10-13-4-2-6-21-17(13)16(11-15)23-19(26)22-7-9-24-8-3-5-14(12-24)18(20)25/h2,4,6,10-11,14H,3,5,7-9,12H2,1H3,(H2,20,25)(H2,22,23,26)/t14-/m0/s1. The molecule has 1 atom stereocenters. The molecule has 27 heavy (non-hydrogen) atoms. The number of carbonyl (C=O) groups excluding carboxylic acids is 2. The zero-order chi connectivity index (χ0) is 19.2. The van der Waals surface area contributed by atoms with Gasteiger partial charge >= 0.3 is 6.03 Å².